The molecular weight excluding hydrogens is 827 g/mol. The molecule has 388 valence electrons. The van der Waals surface area contributed by atoms with Gasteiger partial charge in [0.25, 0.3) is 0 Å². The molecule has 12 heteroatoms. The van der Waals surface area contributed by atoms with Crippen molar-refractivity contribution in [3.8, 4) is 0 Å². The van der Waals surface area contributed by atoms with E-state index < -0.39 is 5.91 Å². The molecule has 5 amide bonds. The summed E-state index contributed by atoms with van der Waals surface area (Å²) in [7, 11) is 0. The SMILES string of the molecule is CCCCCCCCCCN(CC(=O)N(CC(=O)N(CCCCCCCCCC)CC(=O)N(CC(N)=O)CC(CC)CCCC)CC(CC)CCCC)C(=O)CNCCN(C(C)C)C(C)C. The molecule has 0 saturated heterocycles. The highest BCUT2D eigenvalue weighted by atomic mass is 16.2. The molecule has 2 atom stereocenters. The Morgan fingerprint density at radius 1 is 0.424 bits per heavy atom. The molecule has 0 fully saturated rings. The Labute approximate surface area is 407 Å². The van der Waals surface area contributed by atoms with E-state index in [1.807, 2.05) is 0 Å². The molecule has 0 saturated carbocycles. The van der Waals surface area contributed by atoms with Crippen LogP contribution < -0.4 is 11.1 Å². The van der Waals surface area contributed by atoms with Crippen molar-refractivity contribution < 1.29 is 24.0 Å². The first-order valence-electron chi connectivity index (χ1n) is 27.5. The van der Waals surface area contributed by atoms with Crippen molar-refractivity contribution in [2.45, 2.75) is 235 Å². The van der Waals surface area contributed by atoms with E-state index in [0.29, 0.717) is 44.8 Å². The van der Waals surface area contributed by atoms with Crippen molar-refractivity contribution in [3.05, 3.63) is 0 Å². The molecule has 0 aliphatic heterocycles. The van der Waals surface area contributed by atoms with Crippen LogP contribution in [-0.2, 0) is 24.0 Å². The van der Waals surface area contributed by atoms with Gasteiger partial charge in [-0.2, -0.15) is 0 Å². The minimum atomic E-state index is -0.571. The number of carbonyl (C=O) groups is 5. The second-order valence-corrected chi connectivity index (χ2v) is 20.0. The summed E-state index contributed by atoms with van der Waals surface area (Å²) in [6.45, 7) is 24.5. The van der Waals surface area contributed by atoms with Crippen LogP contribution in [0.1, 0.15) is 223 Å². The standard InChI is InChI=1S/C54H107N7O5/c1-11-17-21-23-25-27-29-31-36-57(51(63)39-56-35-38-61(46(7)8)47(9)10)43-54(66)60(41-49(16-6)34-20-14-4)45-52(64)58(37-32-30-28-26-24-22-18-12-2)44-53(65)59(42-50(55)62)40-48(15-5)33-19-13-3/h46-49,56H,11-45H2,1-10H3,(H2,55,62). The second kappa shape index (κ2) is 41.3. The maximum atomic E-state index is 14.7. The van der Waals surface area contributed by atoms with Gasteiger partial charge in [0.05, 0.1) is 32.7 Å². The van der Waals surface area contributed by atoms with Crippen molar-refractivity contribution in [1.82, 2.24) is 29.8 Å². The zero-order valence-electron chi connectivity index (χ0n) is 44.9. The minimum absolute atomic E-state index is 0.0852. The predicted molar refractivity (Wildman–Crippen MR) is 277 cm³/mol. The van der Waals surface area contributed by atoms with Gasteiger partial charge in [0.15, 0.2) is 0 Å². The van der Waals surface area contributed by atoms with Gasteiger partial charge in [0, 0.05) is 51.4 Å². The summed E-state index contributed by atoms with van der Waals surface area (Å²) in [5.41, 5.74) is 5.69. The molecule has 0 radical (unpaired) electrons. The van der Waals surface area contributed by atoms with Gasteiger partial charge in [0.1, 0.15) is 0 Å². The monoisotopic (exact) mass is 934 g/mol. The van der Waals surface area contributed by atoms with Gasteiger partial charge in [0.2, 0.25) is 29.5 Å². The number of nitrogens with two attached hydrogens (primary N) is 1. The molecular formula is C54H107N7O5. The first-order chi connectivity index (χ1) is 31.7. The lowest BCUT2D eigenvalue weighted by Crippen LogP contribution is -2.52. The van der Waals surface area contributed by atoms with Crippen molar-refractivity contribution in [2.75, 3.05) is 72.0 Å². The molecule has 0 aromatic carbocycles. The number of rotatable bonds is 45. The van der Waals surface area contributed by atoms with Crippen molar-refractivity contribution in [2.24, 2.45) is 17.6 Å². The highest BCUT2D eigenvalue weighted by Gasteiger charge is 2.29. The zero-order chi connectivity index (χ0) is 49.5. The number of carbonyl (C=O) groups excluding carboxylic acids is 5. The van der Waals surface area contributed by atoms with Crippen molar-refractivity contribution in [1.29, 1.82) is 0 Å². The largest absolute Gasteiger partial charge is 0.368 e. The molecule has 0 aliphatic rings. The number of primary amides is 1. The van der Waals surface area contributed by atoms with Crippen LogP contribution >= 0.6 is 0 Å². The molecule has 12 nitrogen and oxygen atoms in total. The van der Waals surface area contributed by atoms with Crippen LogP contribution in [0.15, 0.2) is 0 Å². The summed E-state index contributed by atoms with van der Waals surface area (Å²) >= 11 is 0. The number of hydrogen-bond acceptors (Lipinski definition) is 7. The Morgan fingerprint density at radius 2 is 0.773 bits per heavy atom. The molecule has 2 unspecified atom stereocenters. The molecule has 0 aliphatic carbocycles. The Hall–Kier alpha value is -2.73. The summed E-state index contributed by atoms with van der Waals surface area (Å²) in [6, 6.07) is 0.785. The summed E-state index contributed by atoms with van der Waals surface area (Å²) in [5.74, 6) is -1.03. The van der Waals surface area contributed by atoms with E-state index in [4.69, 9.17) is 5.73 Å². The maximum Gasteiger partial charge on any atom is 0.242 e. The summed E-state index contributed by atoms with van der Waals surface area (Å²) < 4.78 is 0. The molecule has 0 bridgehead atoms. The normalized spacial score (nSPS) is 12.5. The van der Waals surface area contributed by atoms with E-state index >= 15 is 0 Å². The van der Waals surface area contributed by atoms with Crippen LogP contribution in [0, 0.1) is 11.8 Å². The van der Waals surface area contributed by atoms with Gasteiger partial charge in [-0.05, 0) is 65.2 Å². The predicted octanol–water partition coefficient (Wildman–Crippen LogP) is 10.2. The lowest BCUT2D eigenvalue weighted by Gasteiger charge is -2.33. The fraction of sp³-hybridized carbons (Fsp3) is 0.907. The van der Waals surface area contributed by atoms with Crippen LogP contribution in [0.5, 0.6) is 0 Å². The van der Waals surface area contributed by atoms with E-state index in [-0.39, 0.29) is 68.2 Å². The highest BCUT2D eigenvalue weighted by molar-refractivity contribution is 5.91. The van der Waals surface area contributed by atoms with Crippen LogP contribution in [0.25, 0.3) is 0 Å². The topological polar surface area (TPSA) is 140 Å². The molecule has 3 N–H and O–H groups in total. The first kappa shape index (κ1) is 63.3. The number of amides is 5. The lowest BCUT2D eigenvalue weighted by atomic mass is 9.98. The molecule has 0 rings (SSSR count). The first-order valence-corrected chi connectivity index (χ1v) is 27.5. The fourth-order valence-corrected chi connectivity index (χ4v) is 9.03. The quantitative estimate of drug-likeness (QED) is 0.0580. The van der Waals surface area contributed by atoms with Crippen LogP contribution in [0.2, 0.25) is 0 Å². The average Bonchev–Trinajstić information content (AvgIpc) is 3.28. The number of nitrogens with zero attached hydrogens (tertiary/aromatic N) is 5. The second-order valence-electron chi connectivity index (χ2n) is 20.0. The van der Waals surface area contributed by atoms with E-state index in [9.17, 15) is 24.0 Å². The minimum Gasteiger partial charge on any atom is -0.368 e. The van der Waals surface area contributed by atoms with Gasteiger partial charge < -0.3 is 30.7 Å². The van der Waals surface area contributed by atoms with Gasteiger partial charge in [-0.15, -0.1) is 0 Å². The fourth-order valence-electron chi connectivity index (χ4n) is 9.03. The molecule has 66 heavy (non-hydrogen) atoms. The third kappa shape index (κ3) is 31.3. The van der Waals surface area contributed by atoms with Crippen molar-refractivity contribution >= 4 is 29.5 Å². The van der Waals surface area contributed by atoms with Gasteiger partial charge in [-0.3, -0.25) is 28.9 Å². The third-order valence-corrected chi connectivity index (χ3v) is 13.5. The highest BCUT2D eigenvalue weighted by Crippen LogP contribution is 2.18. The summed E-state index contributed by atoms with van der Waals surface area (Å²) in [4.78, 5) is 78.7. The summed E-state index contributed by atoms with van der Waals surface area (Å²) in [6.07, 6.45) is 25.6. The lowest BCUT2D eigenvalue weighted by molar-refractivity contribution is -0.147. The van der Waals surface area contributed by atoms with Gasteiger partial charge in [-0.25, -0.2) is 0 Å². The van der Waals surface area contributed by atoms with Gasteiger partial charge in [-0.1, -0.05) is 170 Å². The average molecular weight is 934 g/mol. The Bertz CT molecular complexity index is 1240. The Morgan fingerprint density at radius 3 is 1.15 bits per heavy atom. The van der Waals surface area contributed by atoms with Crippen LogP contribution in [0.4, 0.5) is 0 Å². The zero-order valence-corrected chi connectivity index (χ0v) is 44.9. The van der Waals surface area contributed by atoms with E-state index in [1.165, 1.54) is 57.8 Å². The van der Waals surface area contributed by atoms with E-state index in [1.54, 1.807) is 19.6 Å². The molecule has 0 aromatic rings. The molecule has 0 aromatic heterocycles. The van der Waals surface area contributed by atoms with E-state index in [0.717, 1.165) is 103 Å². The van der Waals surface area contributed by atoms with Gasteiger partial charge >= 0.3 is 0 Å². The number of unbranched alkanes of at least 4 members (excludes halogenated alkanes) is 16. The van der Waals surface area contributed by atoms with Crippen LogP contribution in [-0.4, -0.2) is 138 Å². The smallest absolute Gasteiger partial charge is 0.242 e. The summed E-state index contributed by atoms with van der Waals surface area (Å²) in [5, 5.41) is 3.37. The molecule has 0 spiro atoms. The number of nitrogens with one attached hydrogen (secondary N) is 1. The third-order valence-electron chi connectivity index (χ3n) is 13.5. The Kier molecular flexibility index (Phi) is 39.6. The van der Waals surface area contributed by atoms with Crippen molar-refractivity contribution in [3.63, 3.8) is 0 Å². The maximum absolute atomic E-state index is 14.7. The molecule has 0 heterocycles. The number of hydrogen-bond donors (Lipinski definition) is 2. The Balaban J connectivity index is 6.58. The van der Waals surface area contributed by atoms with E-state index in [2.05, 4.69) is 79.5 Å². The van der Waals surface area contributed by atoms with Crippen LogP contribution in [0.3, 0.4) is 0 Å².